The number of ketones is 1. The number of fused-ring (bicyclic) bond motifs is 1. The number of thiophene rings is 1. The zero-order chi connectivity index (χ0) is 20.4. The van der Waals surface area contributed by atoms with Crippen LogP contribution in [0.4, 0.5) is 0 Å². The van der Waals surface area contributed by atoms with Crippen LogP contribution in [0.2, 0.25) is 5.02 Å². The average molecular weight is 445 g/mol. The van der Waals surface area contributed by atoms with E-state index >= 15 is 0 Å². The van der Waals surface area contributed by atoms with Gasteiger partial charge in [0.25, 0.3) is 0 Å². The van der Waals surface area contributed by atoms with Gasteiger partial charge in [0, 0.05) is 28.3 Å². The van der Waals surface area contributed by atoms with E-state index in [1.54, 1.807) is 18.5 Å². The first-order chi connectivity index (χ1) is 14.0. The predicted molar refractivity (Wildman–Crippen MR) is 117 cm³/mol. The number of thiazole rings is 1. The van der Waals surface area contributed by atoms with Crippen LogP contribution in [0.5, 0.6) is 5.75 Å². The molecule has 0 fully saturated rings. The molecule has 29 heavy (non-hydrogen) atoms. The van der Waals surface area contributed by atoms with E-state index in [1.165, 1.54) is 28.7 Å². The van der Waals surface area contributed by atoms with E-state index in [9.17, 15) is 9.59 Å². The second kappa shape index (κ2) is 8.49. The van der Waals surface area contributed by atoms with Gasteiger partial charge in [-0.15, -0.1) is 22.7 Å². The van der Waals surface area contributed by atoms with E-state index < -0.39 is 0 Å². The third-order valence-electron chi connectivity index (χ3n) is 4.45. The number of nitrogens with one attached hydrogen (secondary N) is 1. The number of Topliss-reactive ketones (excluding diaryl/α,β-unsaturated/α-hetero) is 1. The van der Waals surface area contributed by atoms with Crippen LogP contribution in [0.3, 0.4) is 0 Å². The Morgan fingerprint density at radius 3 is 2.97 bits per heavy atom. The number of ether oxygens (including phenoxy) is 1. The van der Waals surface area contributed by atoms with Gasteiger partial charge in [-0.2, -0.15) is 0 Å². The van der Waals surface area contributed by atoms with Gasteiger partial charge in [0.15, 0.2) is 5.78 Å². The normalized spacial score (nSPS) is 15.3. The Morgan fingerprint density at radius 2 is 2.24 bits per heavy atom. The van der Waals surface area contributed by atoms with Crippen molar-refractivity contribution in [1.29, 1.82) is 0 Å². The maximum atomic E-state index is 12.0. The number of halogens is 1. The molecule has 1 aliphatic rings. The molecule has 3 heterocycles. The first-order valence-corrected chi connectivity index (χ1v) is 11.1. The summed E-state index contributed by atoms with van der Waals surface area (Å²) < 4.78 is 5.94. The van der Waals surface area contributed by atoms with Gasteiger partial charge < -0.3 is 10.1 Å². The lowest BCUT2D eigenvalue weighted by atomic mass is 10.1. The number of hydrogen-bond donors (Lipinski definition) is 1. The summed E-state index contributed by atoms with van der Waals surface area (Å²) in [5.74, 6) is 0.521. The SMILES string of the molecule is CC(=O)c1ccc(-c2cc(Cl)c3c(c2)CC(CNC(=O)/C=C/c2cscn2)O3)s1. The Labute approximate surface area is 181 Å². The van der Waals surface area contributed by atoms with Crippen molar-refractivity contribution in [2.24, 2.45) is 0 Å². The molecule has 1 N–H and O–H groups in total. The fourth-order valence-electron chi connectivity index (χ4n) is 3.06. The molecule has 1 atom stereocenters. The van der Waals surface area contributed by atoms with E-state index in [0.29, 0.717) is 23.7 Å². The van der Waals surface area contributed by atoms with E-state index in [0.717, 1.165) is 26.6 Å². The van der Waals surface area contributed by atoms with Crippen molar-refractivity contribution >= 4 is 52.0 Å². The predicted octanol–water partition coefficient (Wildman–Crippen LogP) is 4.86. The van der Waals surface area contributed by atoms with Gasteiger partial charge in [-0.25, -0.2) is 4.98 Å². The highest BCUT2D eigenvalue weighted by molar-refractivity contribution is 7.17. The average Bonchev–Trinajstić information content (AvgIpc) is 3.44. The van der Waals surface area contributed by atoms with Crippen molar-refractivity contribution in [2.75, 3.05) is 6.54 Å². The number of benzene rings is 1. The van der Waals surface area contributed by atoms with Gasteiger partial charge in [0.05, 0.1) is 27.6 Å². The molecule has 1 aromatic carbocycles. The van der Waals surface area contributed by atoms with Crippen LogP contribution in [0.25, 0.3) is 16.5 Å². The highest BCUT2D eigenvalue weighted by atomic mass is 35.5. The first kappa shape index (κ1) is 19.8. The van der Waals surface area contributed by atoms with Crippen LogP contribution in [0, 0.1) is 0 Å². The Morgan fingerprint density at radius 1 is 1.38 bits per heavy atom. The summed E-state index contributed by atoms with van der Waals surface area (Å²) in [6.07, 6.45) is 3.62. The molecule has 0 spiro atoms. The summed E-state index contributed by atoms with van der Waals surface area (Å²) in [5, 5.41) is 5.25. The minimum Gasteiger partial charge on any atom is -0.486 e. The number of aromatic nitrogens is 1. The van der Waals surface area contributed by atoms with Crippen molar-refractivity contribution < 1.29 is 14.3 Å². The molecule has 0 bridgehead atoms. The molecule has 0 radical (unpaired) electrons. The molecule has 148 valence electrons. The number of carbonyl (C=O) groups excluding carboxylic acids is 2. The second-order valence-electron chi connectivity index (χ2n) is 6.60. The second-order valence-corrected chi connectivity index (χ2v) is 8.81. The van der Waals surface area contributed by atoms with Crippen LogP contribution < -0.4 is 10.1 Å². The summed E-state index contributed by atoms with van der Waals surface area (Å²) in [7, 11) is 0. The smallest absolute Gasteiger partial charge is 0.244 e. The Bertz CT molecular complexity index is 1090. The summed E-state index contributed by atoms with van der Waals surface area (Å²) in [6.45, 7) is 1.94. The molecule has 4 rings (SSSR count). The molecular formula is C21H17ClN2O3S2. The fraction of sp³-hybridized carbons (Fsp3) is 0.190. The maximum absolute atomic E-state index is 12.0. The molecule has 3 aromatic rings. The minimum absolute atomic E-state index is 0.0523. The van der Waals surface area contributed by atoms with Crippen molar-refractivity contribution in [1.82, 2.24) is 10.3 Å². The maximum Gasteiger partial charge on any atom is 0.244 e. The van der Waals surface area contributed by atoms with Crippen LogP contribution in [-0.4, -0.2) is 29.3 Å². The molecule has 2 aromatic heterocycles. The molecule has 8 heteroatoms. The topological polar surface area (TPSA) is 68.3 Å². The number of amides is 1. The lowest BCUT2D eigenvalue weighted by Crippen LogP contribution is -2.33. The molecule has 1 aliphatic heterocycles. The van der Waals surface area contributed by atoms with Gasteiger partial charge >= 0.3 is 0 Å². The number of nitrogens with zero attached hydrogens (tertiary/aromatic N) is 1. The fourth-order valence-corrected chi connectivity index (χ4v) is 4.76. The molecule has 5 nitrogen and oxygen atoms in total. The summed E-state index contributed by atoms with van der Waals surface area (Å²) >= 11 is 9.37. The van der Waals surface area contributed by atoms with Gasteiger partial charge in [-0.05, 0) is 42.8 Å². The monoisotopic (exact) mass is 444 g/mol. The molecule has 0 aliphatic carbocycles. The lowest BCUT2D eigenvalue weighted by molar-refractivity contribution is -0.116. The van der Waals surface area contributed by atoms with Crippen LogP contribution in [0.15, 0.2) is 41.2 Å². The number of hydrogen-bond acceptors (Lipinski definition) is 6. The third-order valence-corrected chi connectivity index (χ3v) is 6.57. The largest absolute Gasteiger partial charge is 0.486 e. The van der Waals surface area contributed by atoms with Gasteiger partial charge in [0.2, 0.25) is 5.91 Å². The van der Waals surface area contributed by atoms with Crippen LogP contribution in [-0.2, 0) is 11.2 Å². The van der Waals surface area contributed by atoms with Crippen molar-refractivity contribution in [3.05, 3.63) is 62.4 Å². The van der Waals surface area contributed by atoms with Crippen molar-refractivity contribution in [2.45, 2.75) is 19.4 Å². The zero-order valence-electron chi connectivity index (χ0n) is 15.5. The number of carbonyl (C=O) groups is 2. The first-order valence-electron chi connectivity index (χ1n) is 8.94. The van der Waals surface area contributed by atoms with E-state index in [4.69, 9.17) is 16.3 Å². The van der Waals surface area contributed by atoms with Crippen molar-refractivity contribution in [3.63, 3.8) is 0 Å². The standard InChI is InChI=1S/C21H17ClN2O3S2/c1-12(25)18-3-4-19(29-18)13-6-14-7-16(27-21(14)17(22)8-13)9-23-20(26)5-2-15-10-28-11-24-15/h2-6,8,10-11,16H,7,9H2,1H3,(H,23,26)/b5-2+. The summed E-state index contributed by atoms with van der Waals surface area (Å²) in [5.41, 5.74) is 4.44. The van der Waals surface area contributed by atoms with Gasteiger partial charge in [-0.1, -0.05) is 11.6 Å². The van der Waals surface area contributed by atoms with E-state index in [2.05, 4.69) is 10.3 Å². The Kier molecular flexibility index (Phi) is 5.80. The highest BCUT2D eigenvalue weighted by Gasteiger charge is 2.26. The summed E-state index contributed by atoms with van der Waals surface area (Å²) in [6, 6.07) is 7.66. The Balaban J connectivity index is 1.40. The quantitative estimate of drug-likeness (QED) is 0.435. The zero-order valence-corrected chi connectivity index (χ0v) is 17.9. The molecule has 0 saturated carbocycles. The van der Waals surface area contributed by atoms with E-state index in [-0.39, 0.29) is 17.8 Å². The summed E-state index contributed by atoms with van der Waals surface area (Å²) in [4.78, 5) is 29.4. The third kappa shape index (κ3) is 4.58. The highest BCUT2D eigenvalue weighted by Crippen LogP contribution is 2.41. The van der Waals surface area contributed by atoms with Gasteiger partial charge in [-0.3, -0.25) is 9.59 Å². The molecule has 0 saturated heterocycles. The minimum atomic E-state index is -0.195. The van der Waals surface area contributed by atoms with Crippen LogP contribution in [0.1, 0.15) is 27.9 Å². The lowest BCUT2D eigenvalue weighted by Gasteiger charge is -2.11. The molecule has 1 unspecified atom stereocenters. The van der Waals surface area contributed by atoms with E-state index in [1.807, 2.05) is 29.6 Å². The molecule has 1 amide bonds. The van der Waals surface area contributed by atoms with Crippen LogP contribution >= 0.6 is 34.3 Å². The number of rotatable bonds is 6. The Hall–Kier alpha value is -2.48. The van der Waals surface area contributed by atoms with Crippen molar-refractivity contribution in [3.8, 4) is 16.2 Å². The molecular weight excluding hydrogens is 428 g/mol. The van der Waals surface area contributed by atoms with Gasteiger partial charge in [0.1, 0.15) is 11.9 Å².